The van der Waals surface area contributed by atoms with Crippen molar-refractivity contribution in [2.75, 3.05) is 6.61 Å². The second kappa shape index (κ2) is 13.7. The zero-order valence-electron chi connectivity index (χ0n) is 23.5. The van der Waals surface area contributed by atoms with Gasteiger partial charge in [-0.3, -0.25) is 9.59 Å². The van der Waals surface area contributed by atoms with Crippen molar-refractivity contribution < 1.29 is 27.5 Å². The molecule has 0 saturated carbocycles. The lowest BCUT2D eigenvalue weighted by atomic mass is 9.97. The van der Waals surface area contributed by atoms with Crippen LogP contribution in [0.1, 0.15) is 86.3 Å². The molecule has 0 N–H and O–H groups in total. The number of carbonyl (C=O) groups excluding carboxylic acids is 2. The van der Waals surface area contributed by atoms with Gasteiger partial charge in [-0.05, 0) is 66.8 Å². The van der Waals surface area contributed by atoms with Gasteiger partial charge in [-0.15, -0.1) is 0 Å². The van der Waals surface area contributed by atoms with E-state index in [2.05, 4.69) is 17.7 Å². The van der Waals surface area contributed by atoms with E-state index in [9.17, 15) is 22.8 Å². The van der Waals surface area contributed by atoms with Crippen molar-refractivity contribution in [1.82, 2.24) is 4.57 Å². The summed E-state index contributed by atoms with van der Waals surface area (Å²) in [6, 6.07) is 21.1. The number of hydrogen-bond donors (Lipinski definition) is 0. The molecular formula is C34H36F3NO3. The Morgan fingerprint density at radius 3 is 2.20 bits per heavy atom. The number of rotatable bonds is 13. The molecule has 4 rings (SSSR count). The molecular weight excluding hydrogens is 527 g/mol. The standard InChI is InChI=1S/C34H36F3NO3/c1-3-5-6-8-30(25-11-13-26(14-12-25)32(39)9-7-10-33(40)41-4-2)38-22-21-28-23-27(17-20-31(28)38)24-15-18-29(19-16-24)34(35,36)37/h11-23,30H,3-10H2,1-2H3. The number of ketones is 1. The Balaban J connectivity index is 1.54. The predicted octanol–water partition coefficient (Wildman–Crippen LogP) is 9.41. The summed E-state index contributed by atoms with van der Waals surface area (Å²) in [6.45, 7) is 4.27. The molecule has 41 heavy (non-hydrogen) atoms. The highest BCUT2D eigenvalue weighted by molar-refractivity contribution is 5.96. The maximum absolute atomic E-state index is 13.0. The van der Waals surface area contributed by atoms with E-state index in [1.807, 2.05) is 48.5 Å². The van der Waals surface area contributed by atoms with E-state index in [0.29, 0.717) is 25.0 Å². The Kier molecular flexibility index (Phi) is 10.0. The van der Waals surface area contributed by atoms with Gasteiger partial charge >= 0.3 is 12.1 Å². The van der Waals surface area contributed by atoms with Crippen LogP contribution in [0.4, 0.5) is 13.2 Å². The predicted molar refractivity (Wildman–Crippen MR) is 156 cm³/mol. The molecule has 7 heteroatoms. The molecule has 0 fully saturated rings. The monoisotopic (exact) mass is 563 g/mol. The first-order valence-electron chi connectivity index (χ1n) is 14.3. The van der Waals surface area contributed by atoms with Crippen LogP contribution in [0.5, 0.6) is 0 Å². The molecule has 1 unspecified atom stereocenters. The maximum atomic E-state index is 13.0. The topological polar surface area (TPSA) is 48.3 Å². The molecule has 1 atom stereocenters. The summed E-state index contributed by atoms with van der Waals surface area (Å²) in [5, 5.41) is 1.01. The minimum atomic E-state index is -4.36. The minimum absolute atomic E-state index is 0.00518. The van der Waals surface area contributed by atoms with Crippen molar-refractivity contribution in [3.05, 3.63) is 95.7 Å². The summed E-state index contributed by atoms with van der Waals surface area (Å²) >= 11 is 0. The average Bonchev–Trinajstić information content (AvgIpc) is 3.38. The summed E-state index contributed by atoms with van der Waals surface area (Å²) in [5.74, 6) is -0.276. The van der Waals surface area contributed by atoms with Gasteiger partial charge < -0.3 is 9.30 Å². The van der Waals surface area contributed by atoms with Crippen LogP contribution in [0.25, 0.3) is 22.0 Å². The third-order valence-corrected chi connectivity index (χ3v) is 7.39. The smallest absolute Gasteiger partial charge is 0.416 e. The lowest BCUT2D eigenvalue weighted by Gasteiger charge is -2.21. The van der Waals surface area contributed by atoms with Gasteiger partial charge in [-0.25, -0.2) is 0 Å². The highest BCUT2D eigenvalue weighted by Gasteiger charge is 2.30. The summed E-state index contributed by atoms with van der Waals surface area (Å²) in [6.07, 6.45) is 2.90. The van der Waals surface area contributed by atoms with E-state index >= 15 is 0 Å². The first-order chi connectivity index (χ1) is 19.7. The number of benzene rings is 3. The Morgan fingerprint density at radius 1 is 0.829 bits per heavy atom. The van der Waals surface area contributed by atoms with Gasteiger partial charge in [0.05, 0.1) is 18.2 Å². The molecule has 1 aromatic heterocycles. The summed E-state index contributed by atoms with van der Waals surface area (Å²) in [5.41, 5.74) is 3.71. The van der Waals surface area contributed by atoms with E-state index in [4.69, 9.17) is 4.74 Å². The van der Waals surface area contributed by atoms with E-state index in [1.165, 1.54) is 12.1 Å². The number of alkyl halides is 3. The van der Waals surface area contributed by atoms with E-state index in [-0.39, 0.29) is 24.2 Å². The zero-order valence-corrected chi connectivity index (χ0v) is 23.5. The molecule has 0 aliphatic heterocycles. The second-order valence-electron chi connectivity index (χ2n) is 10.3. The molecule has 0 radical (unpaired) electrons. The first-order valence-corrected chi connectivity index (χ1v) is 14.3. The van der Waals surface area contributed by atoms with Gasteiger partial charge in [0.25, 0.3) is 0 Å². The van der Waals surface area contributed by atoms with Crippen molar-refractivity contribution >= 4 is 22.7 Å². The van der Waals surface area contributed by atoms with Crippen molar-refractivity contribution in [1.29, 1.82) is 0 Å². The number of ether oxygens (including phenoxy) is 1. The summed E-state index contributed by atoms with van der Waals surface area (Å²) in [4.78, 5) is 24.2. The molecule has 0 bridgehead atoms. The van der Waals surface area contributed by atoms with Gasteiger partial charge in [0.1, 0.15) is 0 Å². The molecule has 4 nitrogen and oxygen atoms in total. The number of fused-ring (bicyclic) bond motifs is 1. The van der Waals surface area contributed by atoms with E-state index in [0.717, 1.165) is 65.4 Å². The number of aromatic nitrogens is 1. The first kappa shape index (κ1) is 30.1. The van der Waals surface area contributed by atoms with Crippen LogP contribution >= 0.6 is 0 Å². The van der Waals surface area contributed by atoms with Crippen molar-refractivity contribution in [3.8, 4) is 11.1 Å². The van der Waals surface area contributed by atoms with Gasteiger partial charge in [0.15, 0.2) is 5.78 Å². The van der Waals surface area contributed by atoms with Gasteiger partial charge in [0, 0.05) is 35.5 Å². The van der Waals surface area contributed by atoms with Crippen molar-refractivity contribution in [2.24, 2.45) is 0 Å². The number of carbonyl (C=O) groups is 2. The zero-order chi connectivity index (χ0) is 29.4. The van der Waals surface area contributed by atoms with Crippen LogP contribution < -0.4 is 0 Å². The van der Waals surface area contributed by atoms with Crippen LogP contribution in [-0.2, 0) is 15.7 Å². The largest absolute Gasteiger partial charge is 0.466 e. The number of esters is 1. The molecule has 0 saturated heterocycles. The fourth-order valence-electron chi connectivity index (χ4n) is 5.18. The van der Waals surface area contributed by atoms with Crippen LogP contribution in [0.15, 0.2) is 79.0 Å². The molecule has 216 valence electrons. The summed E-state index contributed by atoms with van der Waals surface area (Å²) in [7, 11) is 0. The third kappa shape index (κ3) is 7.66. The molecule has 0 aliphatic rings. The average molecular weight is 564 g/mol. The Hall–Kier alpha value is -3.87. The van der Waals surface area contributed by atoms with E-state index in [1.54, 1.807) is 6.92 Å². The second-order valence-corrected chi connectivity index (χ2v) is 10.3. The Labute approximate surface area is 239 Å². The van der Waals surface area contributed by atoms with Crippen LogP contribution in [0, 0.1) is 0 Å². The normalized spacial score (nSPS) is 12.4. The quantitative estimate of drug-likeness (QED) is 0.0925. The van der Waals surface area contributed by atoms with Gasteiger partial charge in [0.2, 0.25) is 0 Å². The molecule has 4 aromatic rings. The maximum Gasteiger partial charge on any atom is 0.416 e. The van der Waals surface area contributed by atoms with Crippen LogP contribution in [0.2, 0.25) is 0 Å². The number of nitrogens with zero attached hydrogens (tertiary/aromatic N) is 1. The number of Topliss-reactive ketones (excluding diaryl/α,β-unsaturated/α-hetero) is 1. The fourth-order valence-corrected chi connectivity index (χ4v) is 5.18. The fraction of sp³-hybridized carbons (Fsp3) is 0.353. The van der Waals surface area contributed by atoms with Crippen molar-refractivity contribution in [3.63, 3.8) is 0 Å². The number of unbranched alkanes of at least 4 members (excludes halogenated alkanes) is 2. The molecule has 1 heterocycles. The molecule has 0 aliphatic carbocycles. The highest BCUT2D eigenvalue weighted by atomic mass is 19.4. The van der Waals surface area contributed by atoms with E-state index < -0.39 is 11.7 Å². The SMILES string of the molecule is CCCCCC(c1ccc(C(=O)CCCC(=O)OCC)cc1)n1ccc2cc(-c3ccc(C(F)(F)F)cc3)ccc21. The van der Waals surface area contributed by atoms with Crippen LogP contribution in [0.3, 0.4) is 0 Å². The Bertz CT molecular complexity index is 1450. The summed E-state index contributed by atoms with van der Waals surface area (Å²) < 4.78 is 46.1. The molecule has 0 spiro atoms. The minimum Gasteiger partial charge on any atom is -0.466 e. The molecule has 3 aromatic carbocycles. The van der Waals surface area contributed by atoms with Gasteiger partial charge in [-0.2, -0.15) is 13.2 Å². The third-order valence-electron chi connectivity index (χ3n) is 7.39. The number of halogens is 3. The highest BCUT2D eigenvalue weighted by Crippen LogP contribution is 2.34. The lowest BCUT2D eigenvalue weighted by molar-refractivity contribution is -0.143. The van der Waals surface area contributed by atoms with Gasteiger partial charge in [-0.1, -0.05) is 68.7 Å². The lowest BCUT2D eigenvalue weighted by Crippen LogP contribution is -2.10. The van der Waals surface area contributed by atoms with Crippen LogP contribution in [-0.4, -0.2) is 22.9 Å². The molecule has 0 amide bonds. The Morgan fingerprint density at radius 2 is 1.54 bits per heavy atom. The van der Waals surface area contributed by atoms with Crippen molar-refractivity contribution in [2.45, 2.75) is 71.0 Å². The number of hydrogen-bond acceptors (Lipinski definition) is 3.